The van der Waals surface area contributed by atoms with Gasteiger partial charge in [-0.2, -0.15) is 0 Å². The highest BCUT2D eigenvalue weighted by molar-refractivity contribution is 4.96. The predicted octanol–water partition coefficient (Wildman–Crippen LogP) is 2.58. The van der Waals surface area contributed by atoms with Crippen LogP contribution in [0.2, 0.25) is 0 Å². The van der Waals surface area contributed by atoms with Crippen molar-refractivity contribution in [2.45, 2.75) is 58.6 Å². The number of rotatable bonds is 5. The number of nitrogens with one attached hydrogen (secondary N) is 1. The summed E-state index contributed by atoms with van der Waals surface area (Å²) in [5.74, 6) is 0.765. The molecule has 0 spiro atoms. The summed E-state index contributed by atoms with van der Waals surface area (Å²) < 4.78 is 5.80. The van der Waals surface area contributed by atoms with E-state index in [1.807, 2.05) is 0 Å². The zero-order valence-electron chi connectivity index (χ0n) is 10.4. The molecule has 2 heteroatoms. The van der Waals surface area contributed by atoms with E-state index in [1.165, 1.54) is 25.7 Å². The van der Waals surface area contributed by atoms with Gasteiger partial charge >= 0.3 is 0 Å². The molecule has 0 amide bonds. The van der Waals surface area contributed by atoms with E-state index in [0.29, 0.717) is 11.5 Å². The molecule has 2 nitrogen and oxygen atoms in total. The van der Waals surface area contributed by atoms with Gasteiger partial charge in [-0.1, -0.05) is 20.3 Å². The van der Waals surface area contributed by atoms with E-state index in [2.05, 4.69) is 26.1 Å². The average molecular weight is 211 g/mol. The smallest absolute Gasteiger partial charge is 0.0618 e. The van der Waals surface area contributed by atoms with Crippen LogP contribution in [0.3, 0.4) is 0 Å². The summed E-state index contributed by atoms with van der Waals surface area (Å²) >= 11 is 0. The van der Waals surface area contributed by atoms with Crippen LogP contribution in [0.25, 0.3) is 0 Å². The summed E-state index contributed by atoms with van der Waals surface area (Å²) in [4.78, 5) is 0. The van der Waals surface area contributed by atoms with E-state index >= 15 is 0 Å². The molecule has 2 aliphatic rings. The molecule has 15 heavy (non-hydrogen) atoms. The zero-order valence-corrected chi connectivity index (χ0v) is 10.4. The van der Waals surface area contributed by atoms with Crippen LogP contribution in [0.15, 0.2) is 0 Å². The summed E-state index contributed by atoms with van der Waals surface area (Å²) in [6.07, 6.45) is 5.69. The molecule has 1 aliphatic heterocycles. The standard InChI is InChI=1S/C13H25NO/c1-4-10(2)13(7-8-15-11(13)3)9-14-12-5-6-12/h10-12,14H,4-9H2,1-3H3. The monoisotopic (exact) mass is 211 g/mol. The molecule has 0 aromatic carbocycles. The van der Waals surface area contributed by atoms with Gasteiger partial charge in [-0.15, -0.1) is 0 Å². The fourth-order valence-electron chi connectivity index (χ4n) is 2.88. The number of ether oxygens (including phenoxy) is 1. The van der Waals surface area contributed by atoms with Crippen molar-refractivity contribution in [3.63, 3.8) is 0 Å². The van der Waals surface area contributed by atoms with Crippen LogP contribution in [-0.4, -0.2) is 25.3 Å². The van der Waals surface area contributed by atoms with Crippen LogP contribution < -0.4 is 5.32 Å². The van der Waals surface area contributed by atoms with Crippen LogP contribution in [0.1, 0.15) is 46.5 Å². The maximum atomic E-state index is 5.80. The Bertz CT molecular complexity index is 215. The van der Waals surface area contributed by atoms with Crippen molar-refractivity contribution < 1.29 is 4.74 Å². The molecular formula is C13H25NO. The molecule has 2 rings (SSSR count). The minimum Gasteiger partial charge on any atom is -0.378 e. The van der Waals surface area contributed by atoms with Gasteiger partial charge in [0.05, 0.1) is 6.10 Å². The summed E-state index contributed by atoms with van der Waals surface area (Å²) in [5, 5.41) is 3.70. The first-order valence-electron chi connectivity index (χ1n) is 6.54. The average Bonchev–Trinajstić information content (AvgIpc) is 3.00. The summed E-state index contributed by atoms with van der Waals surface area (Å²) in [5.41, 5.74) is 0.400. The third-order valence-electron chi connectivity index (χ3n) is 4.64. The summed E-state index contributed by atoms with van der Waals surface area (Å²) in [6, 6.07) is 0.818. The molecule has 3 unspecified atom stereocenters. The van der Waals surface area contributed by atoms with Crippen molar-refractivity contribution in [1.82, 2.24) is 5.32 Å². The Balaban J connectivity index is 1.99. The van der Waals surface area contributed by atoms with Crippen LogP contribution in [0.5, 0.6) is 0 Å². The second-order valence-electron chi connectivity index (χ2n) is 5.46. The molecule has 1 aliphatic carbocycles. The second kappa shape index (κ2) is 4.42. The highest BCUT2D eigenvalue weighted by Crippen LogP contribution is 2.43. The van der Waals surface area contributed by atoms with Crippen LogP contribution in [0, 0.1) is 11.3 Å². The first-order valence-corrected chi connectivity index (χ1v) is 6.54. The van der Waals surface area contributed by atoms with Gasteiger partial charge in [0.25, 0.3) is 0 Å². The van der Waals surface area contributed by atoms with Gasteiger partial charge in [-0.25, -0.2) is 0 Å². The Hall–Kier alpha value is -0.0800. The lowest BCUT2D eigenvalue weighted by Gasteiger charge is -2.38. The highest BCUT2D eigenvalue weighted by atomic mass is 16.5. The molecule has 0 aromatic heterocycles. The maximum absolute atomic E-state index is 5.80. The topological polar surface area (TPSA) is 21.3 Å². The summed E-state index contributed by atoms with van der Waals surface area (Å²) in [7, 11) is 0. The first-order chi connectivity index (χ1) is 7.19. The van der Waals surface area contributed by atoms with Crippen LogP contribution in [0.4, 0.5) is 0 Å². The Morgan fingerprint density at radius 1 is 1.47 bits per heavy atom. The normalized spacial score (nSPS) is 38.2. The fourth-order valence-corrected chi connectivity index (χ4v) is 2.88. The Labute approximate surface area is 93.8 Å². The lowest BCUT2D eigenvalue weighted by molar-refractivity contribution is 0.0311. The van der Waals surface area contributed by atoms with Gasteiger partial charge in [0, 0.05) is 24.6 Å². The van der Waals surface area contributed by atoms with Gasteiger partial charge in [0.1, 0.15) is 0 Å². The Morgan fingerprint density at radius 2 is 2.20 bits per heavy atom. The largest absolute Gasteiger partial charge is 0.378 e. The molecule has 3 atom stereocenters. The minimum atomic E-state index is 0.400. The van der Waals surface area contributed by atoms with Crippen molar-refractivity contribution in [3.05, 3.63) is 0 Å². The van der Waals surface area contributed by atoms with Gasteiger partial charge in [-0.3, -0.25) is 0 Å². The predicted molar refractivity (Wildman–Crippen MR) is 62.9 cm³/mol. The second-order valence-corrected chi connectivity index (χ2v) is 5.46. The fraction of sp³-hybridized carbons (Fsp3) is 1.00. The molecule has 0 bridgehead atoms. The molecule has 1 saturated carbocycles. The van der Waals surface area contributed by atoms with Crippen LogP contribution >= 0.6 is 0 Å². The lowest BCUT2D eigenvalue weighted by atomic mass is 9.70. The lowest BCUT2D eigenvalue weighted by Crippen LogP contribution is -2.44. The van der Waals surface area contributed by atoms with E-state index in [1.54, 1.807) is 0 Å². The SMILES string of the molecule is CCC(C)C1(CNC2CC2)CCOC1C. The zero-order chi connectivity index (χ0) is 10.9. The third-order valence-corrected chi connectivity index (χ3v) is 4.64. The van der Waals surface area contributed by atoms with E-state index in [-0.39, 0.29) is 0 Å². The van der Waals surface area contributed by atoms with E-state index in [9.17, 15) is 0 Å². The number of hydrogen-bond donors (Lipinski definition) is 1. The molecule has 0 aromatic rings. The summed E-state index contributed by atoms with van der Waals surface area (Å²) in [6.45, 7) is 9.06. The first kappa shape index (κ1) is 11.4. The molecule has 1 saturated heterocycles. The van der Waals surface area contributed by atoms with Crippen molar-refractivity contribution in [2.75, 3.05) is 13.2 Å². The van der Waals surface area contributed by atoms with Gasteiger partial charge in [-0.05, 0) is 32.1 Å². The van der Waals surface area contributed by atoms with E-state index in [4.69, 9.17) is 4.74 Å². The molecule has 88 valence electrons. The molecule has 0 radical (unpaired) electrons. The van der Waals surface area contributed by atoms with E-state index in [0.717, 1.165) is 25.1 Å². The van der Waals surface area contributed by atoms with Crippen molar-refractivity contribution in [3.8, 4) is 0 Å². The van der Waals surface area contributed by atoms with Gasteiger partial charge < -0.3 is 10.1 Å². The molecular weight excluding hydrogens is 186 g/mol. The Kier molecular flexibility index (Phi) is 3.36. The quantitative estimate of drug-likeness (QED) is 0.754. The number of hydrogen-bond acceptors (Lipinski definition) is 2. The van der Waals surface area contributed by atoms with Crippen molar-refractivity contribution >= 4 is 0 Å². The molecule has 1 heterocycles. The maximum Gasteiger partial charge on any atom is 0.0618 e. The van der Waals surface area contributed by atoms with Crippen molar-refractivity contribution in [1.29, 1.82) is 0 Å². The van der Waals surface area contributed by atoms with Gasteiger partial charge in [0.15, 0.2) is 0 Å². The highest BCUT2D eigenvalue weighted by Gasteiger charge is 2.45. The van der Waals surface area contributed by atoms with Crippen LogP contribution in [-0.2, 0) is 4.74 Å². The van der Waals surface area contributed by atoms with Crippen molar-refractivity contribution in [2.24, 2.45) is 11.3 Å². The van der Waals surface area contributed by atoms with Gasteiger partial charge in [0.2, 0.25) is 0 Å². The van der Waals surface area contributed by atoms with E-state index < -0.39 is 0 Å². The Morgan fingerprint density at radius 3 is 2.67 bits per heavy atom. The minimum absolute atomic E-state index is 0.400. The molecule has 2 fully saturated rings. The molecule has 1 N–H and O–H groups in total. The third kappa shape index (κ3) is 2.21.